The fraction of sp³-hybridized carbons (Fsp3) is 0.594. The van der Waals surface area contributed by atoms with Crippen LogP contribution < -0.4 is 10.6 Å². The Kier molecular flexibility index (Phi) is 13.9. The van der Waals surface area contributed by atoms with E-state index in [0.717, 1.165) is 21.7 Å². The van der Waals surface area contributed by atoms with Gasteiger partial charge in [0.15, 0.2) is 0 Å². The second-order valence-electron chi connectivity index (χ2n) is 12.0. The Morgan fingerprint density at radius 2 is 1.73 bits per heavy atom. The molecular weight excluding hydrogens is 600 g/mol. The maximum absolute atomic E-state index is 13.7. The van der Waals surface area contributed by atoms with Gasteiger partial charge in [0.25, 0.3) is 0 Å². The average molecular weight is 647 g/mol. The van der Waals surface area contributed by atoms with Crippen molar-refractivity contribution in [1.29, 1.82) is 0 Å². The number of amides is 3. The predicted molar refractivity (Wildman–Crippen MR) is 169 cm³/mol. The topological polar surface area (TPSA) is 156 Å². The van der Waals surface area contributed by atoms with Gasteiger partial charge in [-0.25, -0.2) is 4.98 Å². The van der Waals surface area contributed by atoms with E-state index >= 15 is 0 Å². The number of hydrogen-bond donors (Lipinski definition) is 3. The lowest BCUT2D eigenvalue weighted by atomic mass is 9.85. The van der Waals surface area contributed by atoms with Gasteiger partial charge in [-0.3, -0.25) is 19.2 Å². The van der Waals surface area contributed by atoms with Gasteiger partial charge >= 0.3 is 5.97 Å². The van der Waals surface area contributed by atoms with Crippen LogP contribution in [-0.2, 0) is 39.9 Å². The molecule has 1 aliphatic rings. The van der Waals surface area contributed by atoms with Gasteiger partial charge in [-0.1, -0.05) is 45.0 Å². The third kappa shape index (κ3) is 11.2. The van der Waals surface area contributed by atoms with Crippen LogP contribution in [0.5, 0.6) is 0 Å². The first-order chi connectivity index (χ1) is 21.4. The monoisotopic (exact) mass is 646 g/mol. The van der Waals surface area contributed by atoms with Gasteiger partial charge in [-0.15, -0.1) is 11.3 Å². The zero-order chi connectivity index (χ0) is 33.0. The van der Waals surface area contributed by atoms with Crippen molar-refractivity contribution in [2.45, 2.75) is 78.6 Å². The molecule has 3 amide bonds. The van der Waals surface area contributed by atoms with Crippen LogP contribution in [0.1, 0.15) is 58.2 Å². The summed E-state index contributed by atoms with van der Waals surface area (Å²) in [6.45, 7) is 10.7. The molecule has 1 aromatic heterocycles. The molecule has 0 aliphatic carbocycles. The molecule has 12 nitrogen and oxygen atoms in total. The van der Waals surface area contributed by atoms with Crippen LogP contribution in [0, 0.1) is 12.3 Å². The number of aliphatic hydroxyl groups is 1. The zero-order valence-electron chi connectivity index (χ0n) is 26.8. The van der Waals surface area contributed by atoms with Gasteiger partial charge in [0.2, 0.25) is 17.7 Å². The molecule has 1 fully saturated rings. The molecule has 3 atom stereocenters. The Hall–Kier alpha value is -3.39. The highest BCUT2D eigenvalue weighted by Crippen LogP contribution is 2.28. The first kappa shape index (κ1) is 36.1. The molecule has 1 saturated heterocycles. The maximum atomic E-state index is 13.7. The largest absolute Gasteiger partial charge is 0.466 e. The highest BCUT2D eigenvalue weighted by molar-refractivity contribution is 7.13. The van der Waals surface area contributed by atoms with Crippen LogP contribution in [0.15, 0.2) is 29.8 Å². The number of β-amino-alcohol motifs (C(OH)–C–C–N with tert-alkyl or cyclic N) is 1. The predicted octanol–water partition coefficient (Wildman–Crippen LogP) is 2.60. The van der Waals surface area contributed by atoms with E-state index in [1.807, 2.05) is 57.5 Å². The van der Waals surface area contributed by atoms with Gasteiger partial charge in [0, 0.05) is 25.9 Å². The second-order valence-corrected chi connectivity index (χ2v) is 12.8. The highest BCUT2D eigenvalue weighted by atomic mass is 32.1. The number of likely N-dealkylation sites (tertiary alicyclic amines) is 1. The Morgan fingerprint density at radius 3 is 2.33 bits per heavy atom. The van der Waals surface area contributed by atoms with E-state index < -0.39 is 29.5 Å². The van der Waals surface area contributed by atoms with Gasteiger partial charge < -0.3 is 34.9 Å². The molecule has 248 valence electrons. The fourth-order valence-electron chi connectivity index (χ4n) is 4.89. The smallest absolute Gasteiger partial charge is 0.308 e. The molecule has 3 N–H and O–H groups in total. The lowest BCUT2D eigenvalue weighted by Crippen LogP contribution is -2.57. The number of aryl methyl sites for hydroxylation is 1. The van der Waals surface area contributed by atoms with Crippen LogP contribution >= 0.6 is 11.3 Å². The molecule has 0 bridgehead atoms. The lowest BCUT2D eigenvalue weighted by molar-refractivity contribution is -0.144. The van der Waals surface area contributed by atoms with E-state index in [1.54, 1.807) is 18.3 Å². The summed E-state index contributed by atoms with van der Waals surface area (Å²) in [4.78, 5) is 57.8. The van der Waals surface area contributed by atoms with E-state index in [0.29, 0.717) is 6.61 Å². The SMILES string of the molecule is CCOC(=O)CCOCCOCCC(=O)NC(C(=O)N1CC(O)CC1C(=O)NCc1ccc(-c2scnc2C)cc1)C(C)(C)C. The minimum absolute atomic E-state index is 0.00153. The number of rotatable bonds is 16. The van der Waals surface area contributed by atoms with Crippen molar-refractivity contribution >= 4 is 35.0 Å². The first-order valence-electron chi connectivity index (χ1n) is 15.3. The Labute approximate surface area is 268 Å². The number of nitrogens with zero attached hydrogens (tertiary/aromatic N) is 2. The molecule has 3 unspecified atom stereocenters. The zero-order valence-corrected chi connectivity index (χ0v) is 27.6. The van der Waals surface area contributed by atoms with Crippen LogP contribution in [0.2, 0.25) is 0 Å². The number of esters is 1. The van der Waals surface area contributed by atoms with Crippen LogP contribution in [0.25, 0.3) is 10.4 Å². The average Bonchev–Trinajstić information content (AvgIpc) is 3.60. The molecule has 0 radical (unpaired) electrons. The standard InChI is InChI=1S/C32H46N4O8S/c1-6-44-27(39)12-14-43-16-15-42-13-11-26(38)35-29(32(3,4)5)31(41)36-19-24(37)17-25(36)30(40)33-18-22-7-9-23(10-8-22)28-21(2)34-20-45-28/h7-10,20,24-25,29,37H,6,11-19H2,1-5H3,(H,33,40)(H,35,38). The fourth-order valence-corrected chi connectivity index (χ4v) is 5.70. The number of carbonyl (C=O) groups is 4. The van der Waals surface area contributed by atoms with Crippen LogP contribution in [0.4, 0.5) is 0 Å². The van der Waals surface area contributed by atoms with Crippen molar-refractivity contribution in [3.8, 4) is 10.4 Å². The summed E-state index contributed by atoms with van der Waals surface area (Å²) in [5, 5.41) is 16.1. The van der Waals surface area contributed by atoms with E-state index in [1.165, 1.54) is 4.90 Å². The van der Waals surface area contributed by atoms with Crippen molar-refractivity contribution in [3.05, 3.63) is 41.0 Å². The van der Waals surface area contributed by atoms with Gasteiger partial charge in [-0.2, -0.15) is 0 Å². The molecule has 2 aromatic rings. The van der Waals surface area contributed by atoms with Crippen LogP contribution in [0.3, 0.4) is 0 Å². The molecule has 1 aromatic carbocycles. The number of aromatic nitrogens is 1. The quantitative estimate of drug-likeness (QED) is 0.184. The molecule has 0 spiro atoms. The number of carbonyl (C=O) groups excluding carboxylic acids is 4. The first-order valence-corrected chi connectivity index (χ1v) is 16.1. The Bertz CT molecular complexity index is 1280. The number of ether oxygens (including phenoxy) is 3. The molecule has 3 rings (SSSR count). The van der Waals surface area contributed by atoms with Crippen molar-refractivity contribution in [1.82, 2.24) is 20.5 Å². The Morgan fingerprint density at radius 1 is 1.07 bits per heavy atom. The minimum atomic E-state index is -0.917. The molecule has 1 aliphatic heterocycles. The van der Waals surface area contributed by atoms with Crippen molar-refractivity contribution < 1.29 is 38.5 Å². The highest BCUT2D eigenvalue weighted by Gasteiger charge is 2.44. The van der Waals surface area contributed by atoms with Gasteiger partial charge in [-0.05, 0) is 30.4 Å². The van der Waals surface area contributed by atoms with Crippen molar-refractivity contribution in [2.24, 2.45) is 5.41 Å². The summed E-state index contributed by atoms with van der Waals surface area (Å²) in [5.41, 5.74) is 4.07. The number of nitrogens with one attached hydrogen (secondary N) is 2. The van der Waals surface area contributed by atoms with E-state index in [-0.39, 0.29) is 76.6 Å². The minimum Gasteiger partial charge on any atom is -0.466 e. The number of thiazole rings is 1. The molecule has 2 heterocycles. The molecular formula is C32H46N4O8S. The van der Waals surface area contributed by atoms with Crippen LogP contribution in [-0.4, -0.2) is 96.4 Å². The van der Waals surface area contributed by atoms with Gasteiger partial charge in [0.1, 0.15) is 12.1 Å². The molecule has 45 heavy (non-hydrogen) atoms. The maximum Gasteiger partial charge on any atom is 0.308 e. The normalized spacial score (nSPS) is 17.2. The van der Waals surface area contributed by atoms with E-state index in [4.69, 9.17) is 14.2 Å². The lowest BCUT2D eigenvalue weighted by Gasteiger charge is -2.35. The summed E-state index contributed by atoms with van der Waals surface area (Å²) < 4.78 is 15.6. The van der Waals surface area contributed by atoms with Crippen molar-refractivity contribution in [2.75, 3.05) is 39.6 Å². The Balaban J connectivity index is 1.49. The van der Waals surface area contributed by atoms with Gasteiger partial charge in [0.05, 0.1) is 61.6 Å². The summed E-state index contributed by atoms with van der Waals surface area (Å²) in [6, 6.07) is 6.08. The second kappa shape index (κ2) is 17.3. The number of hydrogen-bond acceptors (Lipinski definition) is 10. The number of aliphatic hydroxyl groups excluding tert-OH is 1. The molecule has 0 saturated carbocycles. The summed E-state index contributed by atoms with van der Waals surface area (Å²) in [6.07, 6.45) is -0.550. The van der Waals surface area contributed by atoms with Crippen molar-refractivity contribution in [3.63, 3.8) is 0 Å². The third-order valence-electron chi connectivity index (χ3n) is 7.31. The summed E-state index contributed by atoms with van der Waals surface area (Å²) in [7, 11) is 0. The van der Waals surface area contributed by atoms with E-state index in [2.05, 4.69) is 15.6 Å². The third-order valence-corrected chi connectivity index (χ3v) is 8.29. The number of benzene rings is 1. The summed E-state index contributed by atoms with van der Waals surface area (Å²) >= 11 is 1.57. The summed E-state index contributed by atoms with van der Waals surface area (Å²) in [5.74, 6) is -1.48. The molecule has 13 heteroatoms. The van der Waals surface area contributed by atoms with E-state index in [9.17, 15) is 24.3 Å².